The maximum absolute atomic E-state index is 13.7. The van der Waals surface area contributed by atoms with Crippen LogP contribution in [0.3, 0.4) is 0 Å². The van der Waals surface area contributed by atoms with Crippen molar-refractivity contribution in [3.63, 3.8) is 0 Å². The number of hydrogen-bond acceptors (Lipinski definition) is 10. The lowest BCUT2D eigenvalue weighted by molar-refractivity contribution is -0.121. The van der Waals surface area contributed by atoms with Crippen LogP contribution in [0.15, 0.2) is 59.3 Å². The lowest BCUT2D eigenvalue weighted by atomic mass is 9.88. The maximum Gasteiger partial charge on any atom is 0.324 e. The van der Waals surface area contributed by atoms with Gasteiger partial charge in [-0.15, -0.1) is 0 Å². The van der Waals surface area contributed by atoms with Crippen molar-refractivity contribution in [2.24, 2.45) is 7.05 Å². The normalized spacial score (nSPS) is 18.6. The van der Waals surface area contributed by atoms with Crippen molar-refractivity contribution in [2.75, 3.05) is 44.6 Å². The predicted octanol–water partition coefficient (Wildman–Crippen LogP) is 4.53. The number of anilines is 1. The number of urea groups is 1. The highest BCUT2D eigenvalue weighted by molar-refractivity contribution is 7.89. The minimum atomic E-state index is -3.74. The van der Waals surface area contributed by atoms with Gasteiger partial charge in [0.2, 0.25) is 21.9 Å². The Morgan fingerprint density at radius 3 is 2.46 bits per heavy atom. The molecule has 7 rings (SSSR count). The van der Waals surface area contributed by atoms with Crippen LogP contribution in [0.2, 0.25) is 0 Å². The number of imide groups is 1. The number of nitriles is 1. The summed E-state index contributed by atoms with van der Waals surface area (Å²) in [7, 11) is -1.83. The number of nitrogens with zero attached hydrogens (tertiary/aromatic N) is 8. The molecule has 3 aliphatic heterocycles. The van der Waals surface area contributed by atoms with E-state index in [2.05, 4.69) is 49.8 Å². The van der Waals surface area contributed by atoms with Gasteiger partial charge >= 0.3 is 6.03 Å². The van der Waals surface area contributed by atoms with Crippen LogP contribution in [0.25, 0.3) is 17.0 Å². The second-order valence-corrected chi connectivity index (χ2v) is 16.6. The molecule has 3 amide bonds. The molecular formula is C39H46N10O4S. The first-order valence-electron chi connectivity index (χ1n) is 18.5. The average molecular weight is 751 g/mol. The molecule has 5 heterocycles. The van der Waals surface area contributed by atoms with E-state index in [1.807, 2.05) is 31.7 Å². The summed E-state index contributed by atoms with van der Waals surface area (Å²) in [5.41, 5.74) is 6.18. The summed E-state index contributed by atoms with van der Waals surface area (Å²) in [6.45, 7) is 7.99. The lowest BCUT2D eigenvalue weighted by Crippen LogP contribution is -2.48. The number of aromatic nitrogens is 4. The zero-order valence-electron chi connectivity index (χ0n) is 31.0. The summed E-state index contributed by atoms with van der Waals surface area (Å²) < 4.78 is 30.8. The van der Waals surface area contributed by atoms with Crippen LogP contribution in [0.4, 0.5) is 10.7 Å². The smallest absolute Gasteiger partial charge is 0.324 e. The first kappa shape index (κ1) is 37.2. The highest BCUT2D eigenvalue weighted by Gasteiger charge is 2.31. The molecule has 14 nitrogen and oxygen atoms in total. The van der Waals surface area contributed by atoms with Gasteiger partial charge in [-0.05, 0) is 99.5 Å². The zero-order valence-corrected chi connectivity index (χ0v) is 31.8. The molecule has 2 aromatic carbocycles. The Labute approximate surface area is 315 Å². The largest absolute Gasteiger partial charge is 0.351 e. The molecular weight excluding hydrogens is 705 g/mol. The van der Waals surface area contributed by atoms with Crippen molar-refractivity contribution in [1.29, 1.82) is 5.26 Å². The third-order valence-electron chi connectivity index (χ3n) is 10.7. The molecule has 3 aliphatic rings. The van der Waals surface area contributed by atoms with Gasteiger partial charge in [0.1, 0.15) is 0 Å². The average Bonchev–Trinajstić information content (AvgIpc) is 3.47. The number of carbonyl (C=O) groups excluding carboxylic acids is 2. The first-order chi connectivity index (χ1) is 26.0. The van der Waals surface area contributed by atoms with Crippen molar-refractivity contribution in [1.82, 2.24) is 39.2 Å². The predicted molar refractivity (Wildman–Crippen MR) is 205 cm³/mol. The van der Waals surface area contributed by atoms with E-state index in [0.717, 1.165) is 60.2 Å². The third kappa shape index (κ3) is 8.15. The van der Waals surface area contributed by atoms with Gasteiger partial charge < -0.3 is 10.2 Å². The van der Waals surface area contributed by atoms with E-state index in [-0.39, 0.29) is 29.3 Å². The minimum Gasteiger partial charge on any atom is -0.351 e. The number of nitrogens with one attached hydrogen (secondary N) is 2. The fourth-order valence-electron chi connectivity index (χ4n) is 7.70. The first-order valence-corrected chi connectivity index (χ1v) is 19.9. The molecule has 2 aromatic heterocycles. The van der Waals surface area contributed by atoms with Gasteiger partial charge in [-0.2, -0.15) is 14.7 Å². The van der Waals surface area contributed by atoms with Crippen molar-refractivity contribution in [3.05, 3.63) is 82.3 Å². The molecule has 3 saturated heterocycles. The molecule has 4 aromatic rings. The van der Waals surface area contributed by atoms with E-state index in [1.165, 1.54) is 15.9 Å². The highest BCUT2D eigenvalue weighted by atomic mass is 32.2. The van der Waals surface area contributed by atoms with Gasteiger partial charge in [0, 0.05) is 63.5 Å². The van der Waals surface area contributed by atoms with Crippen LogP contribution < -0.4 is 10.6 Å². The number of amides is 3. The molecule has 54 heavy (non-hydrogen) atoms. The number of likely N-dealkylation sites (tertiary alicyclic amines) is 1. The van der Waals surface area contributed by atoms with Crippen LogP contribution >= 0.6 is 0 Å². The third-order valence-corrected chi connectivity index (χ3v) is 12.6. The van der Waals surface area contributed by atoms with E-state index < -0.39 is 10.0 Å². The van der Waals surface area contributed by atoms with Crippen molar-refractivity contribution in [3.8, 4) is 6.07 Å². The fraction of sp³-hybridized carbons (Fsp3) is 0.436. The Hall–Kier alpha value is -5.17. The van der Waals surface area contributed by atoms with Gasteiger partial charge in [0.05, 0.1) is 34.3 Å². The molecule has 0 unspecified atom stereocenters. The van der Waals surface area contributed by atoms with E-state index in [1.54, 1.807) is 29.4 Å². The lowest BCUT2D eigenvalue weighted by Gasteiger charge is -2.32. The van der Waals surface area contributed by atoms with Crippen LogP contribution in [-0.2, 0) is 28.4 Å². The van der Waals surface area contributed by atoms with Gasteiger partial charge in [0.15, 0.2) is 0 Å². The summed E-state index contributed by atoms with van der Waals surface area (Å²) in [4.78, 5) is 36.7. The molecule has 282 valence electrons. The molecule has 0 spiro atoms. The molecule has 0 aliphatic carbocycles. The number of benzene rings is 2. The van der Waals surface area contributed by atoms with E-state index >= 15 is 0 Å². The van der Waals surface area contributed by atoms with Gasteiger partial charge in [0.25, 0.3) is 0 Å². The molecule has 0 saturated carbocycles. The molecule has 0 bridgehead atoms. The van der Waals surface area contributed by atoms with E-state index in [0.29, 0.717) is 62.0 Å². The SMILES string of the molecule is C/C(=C\c1cc(S(=O)(=O)N2CCC(Nc3ncc(C)cn3)CC2)ccc1C#N)CN1CCC(c2ccc3c(CN4CCC(=O)NC4=O)nn(C)c3c2)CC1. The molecule has 2 N–H and O–H groups in total. The Morgan fingerprint density at radius 2 is 1.76 bits per heavy atom. The molecule has 3 fully saturated rings. The monoisotopic (exact) mass is 750 g/mol. The number of hydrogen-bond donors (Lipinski definition) is 2. The topological polar surface area (TPSA) is 169 Å². The molecule has 15 heteroatoms. The van der Waals surface area contributed by atoms with Crippen molar-refractivity contribution in [2.45, 2.75) is 69.4 Å². The number of aryl methyl sites for hydroxylation is 2. The van der Waals surface area contributed by atoms with Crippen molar-refractivity contribution >= 4 is 44.9 Å². The number of rotatable bonds is 10. The van der Waals surface area contributed by atoms with Gasteiger partial charge in [-0.1, -0.05) is 23.8 Å². The van der Waals surface area contributed by atoms with E-state index in [9.17, 15) is 23.3 Å². The highest BCUT2D eigenvalue weighted by Crippen LogP contribution is 2.32. The summed E-state index contributed by atoms with van der Waals surface area (Å²) in [6.07, 6.45) is 9.01. The quantitative estimate of drug-likeness (QED) is 0.235. The Kier molecular flexibility index (Phi) is 10.8. The minimum absolute atomic E-state index is 0.0845. The maximum atomic E-state index is 13.7. The van der Waals surface area contributed by atoms with Gasteiger partial charge in [-0.25, -0.2) is 23.2 Å². The number of carbonyl (C=O) groups is 2. The van der Waals surface area contributed by atoms with Crippen LogP contribution in [0.5, 0.6) is 0 Å². The van der Waals surface area contributed by atoms with Crippen LogP contribution in [0.1, 0.15) is 72.9 Å². The summed E-state index contributed by atoms with van der Waals surface area (Å²) in [5, 5.41) is 21.3. The zero-order chi connectivity index (χ0) is 38.0. The molecule has 0 radical (unpaired) electrons. The number of piperidine rings is 2. The van der Waals surface area contributed by atoms with Crippen molar-refractivity contribution < 1.29 is 18.0 Å². The van der Waals surface area contributed by atoms with E-state index in [4.69, 9.17) is 5.10 Å². The molecule has 0 atom stereocenters. The second kappa shape index (κ2) is 15.7. The number of fused-ring (bicyclic) bond motifs is 1. The summed E-state index contributed by atoms with van der Waals surface area (Å²) in [5.74, 6) is 0.699. The Morgan fingerprint density at radius 1 is 1.02 bits per heavy atom. The number of sulfonamides is 1. The van der Waals surface area contributed by atoms with Gasteiger partial charge in [-0.3, -0.25) is 19.7 Å². The standard InChI is InChI=1S/C39H46N10O4S/c1-26(18-31-19-33(6-4-30(31)21-40)54(52,53)49-16-10-32(11-17-49)43-38-41-22-27(2)23-42-38)24-47-13-8-28(9-14-47)29-5-7-34-35(45-46(3)36(34)20-29)25-48-15-12-37(50)44-39(48)51/h4-7,18-20,22-23,28,32H,8-17,24-25H2,1-3H3,(H,41,42,43)(H,44,50,51)/b26-18+. The van der Waals surface area contributed by atoms with Crippen LogP contribution in [0, 0.1) is 18.3 Å². The summed E-state index contributed by atoms with van der Waals surface area (Å²) >= 11 is 0. The second-order valence-electron chi connectivity index (χ2n) is 14.7. The Bertz CT molecular complexity index is 2230. The van der Waals surface area contributed by atoms with Crippen LogP contribution in [-0.4, -0.2) is 99.5 Å². The Balaban J connectivity index is 0.954. The summed E-state index contributed by atoms with van der Waals surface area (Å²) in [6, 6.07) is 13.2. The fourth-order valence-corrected chi connectivity index (χ4v) is 9.21.